The minimum Gasteiger partial charge on any atom is -1.00 e. The zero-order valence-corrected chi connectivity index (χ0v) is 10.4. The molecule has 0 aromatic heterocycles. The lowest BCUT2D eigenvalue weighted by atomic mass is 9.47. The van der Waals surface area contributed by atoms with E-state index in [0.717, 1.165) is 32.1 Å². The van der Waals surface area contributed by atoms with Crippen molar-refractivity contribution in [3.63, 3.8) is 0 Å². The fraction of sp³-hybridized carbons (Fsp3) is 0.917. The molecule has 16 heavy (non-hydrogen) atoms. The van der Waals surface area contributed by atoms with E-state index in [0.29, 0.717) is 11.8 Å². The first kappa shape index (κ1) is 12.2. The Bertz CT molecular complexity index is 304. The van der Waals surface area contributed by atoms with E-state index in [1.807, 2.05) is 0 Å². The molecule has 4 rings (SSSR count). The maximum atomic E-state index is 11.9. The molecule has 4 fully saturated rings. The molecule has 3 nitrogen and oxygen atoms in total. The third-order valence-electron chi connectivity index (χ3n) is 4.72. The number of carbonyl (C=O) groups excluding carboxylic acids is 1. The number of methoxy groups -OCH3 is 1. The van der Waals surface area contributed by atoms with Gasteiger partial charge in [0.2, 0.25) is 0 Å². The van der Waals surface area contributed by atoms with Crippen LogP contribution in [0.4, 0.5) is 0 Å². The van der Waals surface area contributed by atoms with Crippen molar-refractivity contribution in [2.75, 3.05) is 7.11 Å². The summed E-state index contributed by atoms with van der Waals surface area (Å²) in [6, 6.07) is 0. The number of hydrogen-bond acceptors (Lipinski definition) is 3. The van der Waals surface area contributed by atoms with Crippen molar-refractivity contribution in [3.05, 3.63) is 0 Å². The molecule has 0 spiro atoms. The van der Waals surface area contributed by atoms with Gasteiger partial charge in [-0.25, -0.2) is 0 Å². The Kier molecular flexibility index (Phi) is 2.75. The van der Waals surface area contributed by atoms with Gasteiger partial charge < -0.3 is 22.9 Å². The Morgan fingerprint density at radius 3 is 2.25 bits per heavy atom. The lowest BCUT2D eigenvalue weighted by Crippen LogP contribution is -3.00. The van der Waals surface area contributed by atoms with Crippen LogP contribution in [0.15, 0.2) is 0 Å². The molecule has 0 saturated heterocycles. The summed E-state index contributed by atoms with van der Waals surface area (Å²) in [5, 5.41) is 0. The predicted octanol–water partition coefficient (Wildman–Crippen LogP) is -1.54. The summed E-state index contributed by atoms with van der Waals surface area (Å²) in [5.74, 6) is 1.34. The van der Waals surface area contributed by atoms with Crippen LogP contribution in [0.3, 0.4) is 0 Å². The van der Waals surface area contributed by atoms with Gasteiger partial charge >= 0.3 is 5.97 Å². The fourth-order valence-corrected chi connectivity index (χ4v) is 4.79. The normalized spacial score (nSPS) is 48.6. The summed E-state index contributed by atoms with van der Waals surface area (Å²) in [5.41, 5.74) is 6.12. The molecule has 0 radical (unpaired) electrons. The SMILES string of the molecule is COC(=O)C12CC3CC(CC(N)(C3)C1)C2.[Cl-]. The molecule has 4 bridgehead atoms. The molecule has 2 N–H and O–H groups in total. The maximum absolute atomic E-state index is 11.9. The van der Waals surface area contributed by atoms with Crippen LogP contribution in [-0.2, 0) is 9.53 Å². The molecule has 2 unspecified atom stereocenters. The number of ether oxygens (including phenoxy) is 1. The molecule has 92 valence electrons. The Labute approximate surface area is 103 Å². The summed E-state index contributed by atoms with van der Waals surface area (Å²) in [7, 11) is 1.50. The monoisotopic (exact) mass is 244 g/mol. The second-order valence-electron chi connectivity index (χ2n) is 6.10. The number of carbonyl (C=O) groups is 1. The molecule has 4 saturated carbocycles. The highest BCUT2D eigenvalue weighted by atomic mass is 35.5. The van der Waals surface area contributed by atoms with Crippen LogP contribution in [0, 0.1) is 17.3 Å². The zero-order chi connectivity index (χ0) is 10.7. The molecule has 4 aliphatic carbocycles. The van der Waals surface area contributed by atoms with E-state index in [9.17, 15) is 4.79 Å². The minimum atomic E-state index is -0.215. The first-order valence-electron chi connectivity index (χ1n) is 5.93. The average Bonchev–Trinajstić information content (AvgIpc) is 2.12. The van der Waals surface area contributed by atoms with Gasteiger partial charge in [0, 0.05) is 5.54 Å². The van der Waals surface area contributed by atoms with E-state index in [-0.39, 0.29) is 29.3 Å². The Morgan fingerprint density at radius 1 is 1.25 bits per heavy atom. The van der Waals surface area contributed by atoms with Crippen molar-refractivity contribution in [2.45, 2.75) is 44.1 Å². The highest BCUT2D eigenvalue weighted by Gasteiger charge is 2.59. The molecule has 0 heterocycles. The largest absolute Gasteiger partial charge is 1.00 e. The predicted molar refractivity (Wildman–Crippen MR) is 56.0 cm³/mol. The lowest BCUT2D eigenvalue weighted by molar-refractivity contribution is -0.170. The van der Waals surface area contributed by atoms with E-state index >= 15 is 0 Å². The highest BCUT2D eigenvalue weighted by Crippen LogP contribution is 2.61. The average molecular weight is 245 g/mol. The standard InChI is InChI=1S/C12H19NO2.ClH/c1-15-10(14)11-3-8-2-9(4-11)6-12(13,5-8)7-11;/h8-9H,2-7,13H2,1H3;1H/p-1. The smallest absolute Gasteiger partial charge is 0.311 e. The van der Waals surface area contributed by atoms with Crippen LogP contribution in [0.2, 0.25) is 0 Å². The molecule has 0 aromatic rings. The van der Waals surface area contributed by atoms with Crippen LogP contribution in [0.5, 0.6) is 0 Å². The Morgan fingerprint density at radius 2 is 1.81 bits per heavy atom. The van der Waals surface area contributed by atoms with E-state index in [4.69, 9.17) is 10.5 Å². The summed E-state index contributed by atoms with van der Waals surface area (Å²) in [6.45, 7) is 0. The molecule has 0 aliphatic heterocycles. The summed E-state index contributed by atoms with van der Waals surface area (Å²) < 4.78 is 4.99. The van der Waals surface area contributed by atoms with Gasteiger partial charge in [-0.1, -0.05) is 0 Å². The van der Waals surface area contributed by atoms with Crippen LogP contribution >= 0.6 is 0 Å². The van der Waals surface area contributed by atoms with Crippen LogP contribution in [0.25, 0.3) is 0 Å². The van der Waals surface area contributed by atoms with Gasteiger partial charge in [-0.05, 0) is 50.4 Å². The minimum absolute atomic E-state index is 0. The molecule has 4 aliphatic rings. The number of hydrogen-bond donors (Lipinski definition) is 1. The first-order valence-corrected chi connectivity index (χ1v) is 5.93. The number of halogens is 1. The van der Waals surface area contributed by atoms with Crippen LogP contribution in [-0.4, -0.2) is 18.6 Å². The van der Waals surface area contributed by atoms with E-state index in [1.54, 1.807) is 0 Å². The van der Waals surface area contributed by atoms with Crippen LogP contribution < -0.4 is 18.1 Å². The van der Waals surface area contributed by atoms with Crippen molar-refractivity contribution in [1.82, 2.24) is 0 Å². The first-order chi connectivity index (χ1) is 7.05. The van der Waals surface area contributed by atoms with Crippen molar-refractivity contribution in [2.24, 2.45) is 23.0 Å². The van der Waals surface area contributed by atoms with Gasteiger partial charge in [-0.2, -0.15) is 0 Å². The summed E-state index contributed by atoms with van der Waals surface area (Å²) in [6.07, 6.45) is 6.45. The van der Waals surface area contributed by atoms with E-state index < -0.39 is 0 Å². The molecule has 2 atom stereocenters. The molecule has 0 aromatic carbocycles. The lowest BCUT2D eigenvalue weighted by Gasteiger charge is -2.59. The highest BCUT2D eigenvalue weighted by molar-refractivity contribution is 5.77. The summed E-state index contributed by atoms with van der Waals surface area (Å²) in [4.78, 5) is 11.9. The molecular formula is C12H19ClNO2-. The number of rotatable bonds is 1. The topological polar surface area (TPSA) is 52.3 Å². The Hall–Kier alpha value is -0.280. The third-order valence-corrected chi connectivity index (χ3v) is 4.72. The van der Waals surface area contributed by atoms with Crippen LogP contribution in [0.1, 0.15) is 38.5 Å². The van der Waals surface area contributed by atoms with Gasteiger partial charge in [0.15, 0.2) is 0 Å². The summed E-state index contributed by atoms with van der Waals surface area (Å²) >= 11 is 0. The van der Waals surface area contributed by atoms with E-state index in [2.05, 4.69) is 0 Å². The van der Waals surface area contributed by atoms with Gasteiger partial charge in [-0.15, -0.1) is 0 Å². The zero-order valence-electron chi connectivity index (χ0n) is 9.67. The number of esters is 1. The maximum Gasteiger partial charge on any atom is 0.311 e. The van der Waals surface area contributed by atoms with Crippen molar-refractivity contribution < 1.29 is 21.9 Å². The molecular weight excluding hydrogens is 226 g/mol. The van der Waals surface area contributed by atoms with Gasteiger partial charge in [0.1, 0.15) is 0 Å². The van der Waals surface area contributed by atoms with Gasteiger partial charge in [0.05, 0.1) is 12.5 Å². The van der Waals surface area contributed by atoms with Gasteiger partial charge in [-0.3, -0.25) is 4.79 Å². The van der Waals surface area contributed by atoms with Crippen molar-refractivity contribution in [3.8, 4) is 0 Å². The third kappa shape index (κ3) is 1.56. The number of nitrogens with two attached hydrogens (primary N) is 1. The van der Waals surface area contributed by atoms with E-state index in [1.165, 1.54) is 13.5 Å². The fourth-order valence-electron chi connectivity index (χ4n) is 4.79. The Balaban J connectivity index is 0.000000963. The van der Waals surface area contributed by atoms with Crippen molar-refractivity contribution in [1.29, 1.82) is 0 Å². The second kappa shape index (κ2) is 3.61. The molecule has 4 heteroatoms. The van der Waals surface area contributed by atoms with Crippen molar-refractivity contribution >= 4 is 5.97 Å². The molecule has 0 amide bonds. The van der Waals surface area contributed by atoms with Gasteiger partial charge in [0.25, 0.3) is 0 Å². The second-order valence-corrected chi connectivity index (χ2v) is 6.10. The quantitative estimate of drug-likeness (QED) is 0.569.